The molecular formula is O2Po2. The van der Waals surface area contributed by atoms with Crippen molar-refractivity contribution in [2.75, 3.05) is 0 Å². The maximum absolute atomic E-state index is 8.54. The molecule has 0 unspecified atom stereocenters. The fourth-order valence-electron chi connectivity index (χ4n) is 0. The van der Waals surface area contributed by atoms with Gasteiger partial charge in [0.15, 0.2) is 0 Å². The van der Waals surface area contributed by atoms with Gasteiger partial charge in [0.05, 0.1) is 0 Å². The first kappa shape index (κ1) is 9.04. The van der Waals surface area contributed by atoms with E-state index in [4.69, 9.17) is 5.54 Å². The Morgan fingerprint density at radius 1 is 1.25 bits per heavy atom. The van der Waals surface area contributed by atoms with Crippen LogP contribution in [-0.4, -0.2) is 50.1 Å². The molecule has 4 heteroatoms. The smallest absolute Gasteiger partial charge is 0 e. The molecule has 0 N–H and O–H groups in total. The van der Waals surface area contributed by atoms with Gasteiger partial charge in [-0.2, -0.15) is 0 Å². The molecule has 24 valence electrons. The molecule has 0 amide bonds. The van der Waals surface area contributed by atoms with Crippen molar-refractivity contribution < 1.29 is 5.54 Å². The van der Waals surface area contributed by atoms with Crippen LogP contribution in [0.3, 0.4) is 0 Å². The molecule has 0 saturated heterocycles. The third-order valence-electron chi connectivity index (χ3n) is 0. The molecule has 0 saturated carbocycles. The molecule has 0 spiro atoms. The van der Waals surface area contributed by atoms with Crippen LogP contribution in [0.5, 0.6) is 0 Å². The SMILES string of the molecule is [O]=[Po]=[O].[Po]. The molecule has 2 radical (unpaired) electrons. The second kappa shape index (κ2) is 8.83. The standard InChI is InChI=1S/2O.2Po. The largest absolute Gasteiger partial charge is 0 e. The van der Waals surface area contributed by atoms with Crippen LogP contribution in [0.2, 0.25) is 0 Å². The summed E-state index contributed by atoms with van der Waals surface area (Å²) in [5.41, 5.74) is 0. The van der Waals surface area contributed by atoms with E-state index >= 15 is 0 Å². The summed E-state index contributed by atoms with van der Waals surface area (Å²) < 4.78 is 17.1. The van der Waals surface area contributed by atoms with Crippen molar-refractivity contribution in [2.24, 2.45) is 0 Å². The van der Waals surface area contributed by atoms with Gasteiger partial charge in [-0.3, -0.25) is 0 Å². The second-order valence-electron chi connectivity index (χ2n) is 0.0680. The monoisotopic (exact) mass is 450 g/mol. The molecule has 0 aliphatic rings. The van der Waals surface area contributed by atoms with Gasteiger partial charge in [-0.1, -0.05) is 0 Å². The summed E-state index contributed by atoms with van der Waals surface area (Å²) in [6, 6.07) is 0. The van der Waals surface area contributed by atoms with E-state index < -0.39 is 23.6 Å². The minimum Gasteiger partial charge on any atom is 0 e. The van der Waals surface area contributed by atoms with Crippen LogP contribution >= 0.6 is 0 Å². The molecule has 0 aromatic heterocycles. The van der Waals surface area contributed by atoms with Crippen LogP contribution in [0, 0.1) is 0 Å². The molecule has 4 heavy (non-hydrogen) atoms. The zero-order valence-electron chi connectivity index (χ0n) is 1.63. The van der Waals surface area contributed by atoms with Crippen LogP contribution in [0.1, 0.15) is 0 Å². The van der Waals surface area contributed by atoms with Crippen LogP contribution in [-0.2, 0) is 5.54 Å². The predicted octanol–water partition coefficient (Wildman–Crippen LogP) is -0.999. The predicted molar refractivity (Wildman–Crippen MR) is 12.9 cm³/mol. The zero-order valence-corrected chi connectivity index (χ0v) is 7.98. The van der Waals surface area contributed by atoms with Gasteiger partial charge in [0.2, 0.25) is 0 Å². The van der Waals surface area contributed by atoms with E-state index in [0.717, 1.165) is 0 Å². The quantitative estimate of drug-likeness (QED) is 0.475. The van der Waals surface area contributed by atoms with Gasteiger partial charge < -0.3 is 0 Å². The van der Waals surface area contributed by atoms with E-state index in [-0.39, 0.29) is 26.6 Å². The molecule has 0 aliphatic heterocycles. The van der Waals surface area contributed by atoms with E-state index in [1.165, 1.54) is 0 Å². The molecule has 0 aromatic rings. The fraction of sp³-hybridized carbons (Fsp3) is 0. The summed E-state index contributed by atoms with van der Waals surface area (Å²) in [6.07, 6.45) is 0. The van der Waals surface area contributed by atoms with Crippen LogP contribution < -0.4 is 0 Å². The first-order valence-corrected chi connectivity index (χ1v) is 2.92. The summed E-state index contributed by atoms with van der Waals surface area (Å²) in [7, 11) is 0. The number of hydrogen-bond acceptors (Lipinski definition) is 2. The Morgan fingerprint density at radius 3 is 1.25 bits per heavy atom. The van der Waals surface area contributed by atoms with Crippen molar-refractivity contribution >= 4 is 50.1 Å². The van der Waals surface area contributed by atoms with Crippen molar-refractivity contribution in [3.63, 3.8) is 0 Å². The van der Waals surface area contributed by atoms with Crippen molar-refractivity contribution in [3.05, 3.63) is 0 Å². The van der Waals surface area contributed by atoms with Gasteiger partial charge >= 0.3 is 29.1 Å². The molecule has 0 aliphatic carbocycles. The maximum atomic E-state index is 8.54. The van der Waals surface area contributed by atoms with E-state index in [0.29, 0.717) is 0 Å². The summed E-state index contributed by atoms with van der Waals surface area (Å²) in [5, 5.41) is 0. The first-order valence-electron chi connectivity index (χ1n) is 0.333. The van der Waals surface area contributed by atoms with E-state index in [9.17, 15) is 0 Å². The second-order valence-corrected chi connectivity index (χ2v) is 0.597. The Bertz CT molecular complexity index is 25.0. The Kier molecular flexibility index (Phi) is 20.0. The van der Waals surface area contributed by atoms with Crippen molar-refractivity contribution in [1.29, 1.82) is 0 Å². The number of rotatable bonds is 0. The maximum Gasteiger partial charge on any atom is 0 e. The van der Waals surface area contributed by atoms with Gasteiger partial charge in [-0.25, -0.2) is 0 Å². The third kappa shape index (κ3) is 10.0. The Hall–Kier alpha value is 1.39. The normalized spacial score (nSPS) is 3.00. The molecule has 0 rings (SSSR count). The molecule has 0 bridgehead atoms. The van der Waals surface area contributed by atoms with E-state index in [1.54, 1.807) is 0 Å². The first-order chi connectivity index (χ1) is 1.41. The third-order valence-corrected chi connectivity index (χ3v) is 0. The summed E-state index contributed by atoms with van der Waals surface area (Å²) in [6.45, 7) is 0. The Morgan fingerprint density at radius 2 is 1.25 bits per heavy atom. The molecule has 0 heterocycles. The average molecular weight is 450 g/mol. The summed E-state index contributed by atoms with van der Waals surface area (Å²) >= 11 is -2.25. The van der Waals surface area contributed by atoms with Gasteiger partial charge in [0.25, 0.3) is 0 Å². The topological polar surface area (TPSA) is 34.1 Å². The molecule has 2 nitrogen and oxygen atoms in total. The Balaban J connectivity index is 0. The average Bonchev–Trinajstić information content (AvgIpc) is 0.918. The molecular weight excluding hydrogens is 450 g/mol. The van der Waals surface area contributed by atoms with Gasteiger partial charge in [0.1, 0.15) is 0 Å². The van der Waals surface area contributed by atoms with Crippen LogP contribution in [0.15, 0.2) is 0 Å². The van der Waals surface area contributed by atoms with E-state index in [2.05, 4.69) is 0 Å². The summed E-state index contributed by atoms with van der Waals surface area (Å²) in [4.78, 5) is 0. The van der Waals surface area contributed by atoms with Gasteiger partial charge in [0, 0.05) is 26.6 Å². The molecule has 0 aromatic carbocycles. The van der Waals surface area contributed by atoms with Crippen molar-refractivity contribution in [3.8, 4) is 0 Å². The number of hydrogen-bond donors (Lipinski definition) is 0. The molecule has 0 fully saturated rings. The molecule has 0 atom stereocenters. The van der Waals surface area contributed by atoms with Crippen molar-refractivity contribution in [1.82, 2.24) is 0 Å². The minimum absolute atomic E-state index is 0. The van der Waals surface area contributed by atoms with Crippen LogP contribution in [0.4, 0.5) is 0 Å². The fourth-order valence-corrected chi connectivity index (χ4v) is 0. The summed E-state index contributed by atoms with van der Waals surface area (Å²) in [5.74, 6) is 0. The Labute approximate surface area is 55.1 Å². The minimum atomic E-state index is -2.25. The van der Waals surface area contributed by atoms with Crippen molar-refractivity contribution in [2.45, 2.75) is 0 Å². The van der Waals surface area contributed by atoms with Gasteiger partial charge in [-0.15, -0.1) is 0 Å². The zero-order chi connectivity index (χ0) is 2.71. The van der Waals surface area contributed by atoms with Crippen LogP contribution in [0.25, 0.3) is 0 Å². The van der Waals surface area contributed by atoms with Gasteiger partial charge in [-0.05, 0) is 0 Å². The van der Waals surface area contributed by atoms with E-state index in [1.807, 2.05) is 0 Å².